The molecule has 3 unspecified atom stereocenters. The molecule has 11 heteroatoms. The summed E-state index contributed by atoms with van der Waals surface area (Å²) in [6, 6.07) is 1.38. The highest BCUT2D eigenvalue weighted by molar-refractivity contribution is 5.94. The largest absolute Gasteiger partial charge is 0.488 e. The molecule has 3 aliphatic rings. The number of likely N-dealkylation sites (N-methyl/N-ethyl adjacent to an activating group) is 1. The van der Waals surface area contributed by atoms with Gasteiger partial charge in [-0.05, 0) is 63.8 Å². The number of anilines is 1. The van der Waals surface area contributed by atoms with Crippen molar-refractivity contribution < 1.29 is 18.7 Å². The molecule has 0 radical (unpaired) electrons. The second-order valence-electron chi connectivity index (χ2n) is 13.8. The molecule has 0 bridgehead atoms. The average molecular weight is 618 g/mol. The molecule has 3 heterocycles. The van der Waals surface area contributed by atoms with Crippen LogP contribution in [0.2, 0.25) is 0 Å². The van der Waals surface area contributed by atoms with Crippen molar-refractivity contribution in [2.45, 2.75) is 109 Å². The summed E-state index contributed by atoms with van der Waals surface area (Å²) in [5, 5.41) is 6.30. The fraction of sp³-hybridized carbons (Fsp3) is 0.788. The van der Waals surface area contributed by atoms with Crippen LogP contribution in [0.5, 0.6) is 5.75 Å². The third kappa shape index (κ3) is 9.58. The number of piperazine rings is 1. The second-order valence-corrected chi connectivity index (χ2v) is 13.8. The number of alkyl halides is 1. The first-order chi connectivity index (χ1) is 21.1. The summed E-state index contributed by atoms with van der Waals surface area (Å²) >= 11 is 0. The van der Waals surface area contributed by atoms with Gasteiger partial charge in [0.15, 0.2) is 0 Å². The van der Waals surface area contributed by atoms with E-state index in [0.717, 1.165) is 84.0 Å². The van der Waals surface area contributed by atoms with Gasteiger partial charge < -0.3 is 36.6 Å². The third-order valence-electron chi connectivity index (χ3n) is 10.1. The van der Waals surface area contributed by atoms with E-state index in [1.807, 2.05) is 4.90 Å². The standard InChI is InChI=1S/C33H56FN7O3/c1-4-5-6-13-33(2)14-11-24(34)21-38-26(20-33)29(30(35)36)31(42)39-27-22-37-15-12-28(27)44-25-9-7-23(8-10-25)32(43)41-18-16-40(3)17-19-41/h12,15,22-26,29-30,38H,4-11,13-14,16-21,35-36H2,1-3H3,(H,39,42)/t23-,24?,25+,26?,29?,33-/m1/s1. The van der Waals surface area contributed by atoms with Crippen molar-refractivity contribution in [3.63, 3.8) is 0 Å². The van der Waals surface area contributed by atoms with E-state index in [1.54, 1.807) is 18.5 Å². The number of rotatable bonds is 11. The highest BCUT2D eigenvalue weighted by Gasteiger charge is 2.39. The number of carbonyl (C=O) groups excluding carboxylic acids is 2. The van der Waals surface area contributed by atoms with Crippen LogP contribution >= 0.6 is 0 Å². The van der Waals surface area contributed by atoms with Crippen LogP contribution in [0.4, 0.5) is 10.1 Å². The van der Waals surface area contributed by atoms with Crippen molar-refractivity contribution in [1.82, 2.24) is 20.1 Å². The molecule has 2 saturated heterocycles. The molecule has 4 rings (SSSR count). The molecule has 1 aromatic heterocycles. The maximum absolute atomic E-state index is 14.7. The van der Waals surface area contributed by atoms with E-state index in [1.165, 1.54) is 0 Å². The van der Waals surface area contributed by atoms with Gasteiger partial charge in [-0.2, -0.15) is 0 Å². The zero-order valence-electron chi connectivity index (χ0n) is 27.1. The van der Waals surface area contributed by atoms with Crippen LogP contribution in [0.3, 0.4) is 0 Å². The zero-order valence-corrected chi connectivity index (χ0v) is 27.1. The summed E-state index contributed by atoms with van der Waals surface area (Å²) in [5.74, 6) is -0.264. The number of carbonyl (C=O) groups is 2. The minimum Gasteiger partial charge on any atom is -0.488 e. The Hall–Kier alpha value is -2.34. The van der Waals surface area contributed by atoms with Crippen LogP contribution < -0.4 is 26.8 Å². The van der Waals surface area contributed by atoms with E-state index in [4.69, 9.17) is 16.2 Å². The first-order valence-electron chi connectivity index (χ1n) is 16.9. The normalized spacial score (nSPS) is 29.5. The minimum atomic E-state index is -0.980. The maximum Gasteiger partial charge on any atom is 0.232 e. The number of hydrogen-bond acceptors (Lipinski definition) is 8. The second kappa shape index (κ2) is 16.3. The molecule has 0 spiro atoms. The molecule has 2 amide bonds. The number of halogens is 1. The molecule has 1 aliphatic carbocycles. The Morgan fingerprint density at radius 1 is 1.16 bits per heavy atom. The number of hydrogen-bond donors (Lipinski definition) is 4. The maximum atomic E-state index is 14.7. The molecule has 3 fully saturated rings. The minimum absolute atomic E-state index is 0.0366. The molecule has 44 heavy (non-hydrogen) atoms. The Morgan fingerprint density at radius 2 is 1.89 bits per heavy atom. The Kier molecular flexibility index (Phi) is 12.8. The predicted octanol–water partition coefficient (Wildman–Crippen LogP) is 3.66. The summed E-state index contributed by atoms with van der Waals surface area (Å²) in [5.41, 5.74) is 12.8. The number of ether oxygens (including phenoxy) is 1. The summed E-state index contributed by atoms with van der Waals surface area (Å²) in [6.45, 7) is 7.98. The van der Waals surface area contributed by atoms with Gasteiger partial charge in [-0.25, -0.2) is 4.39 Å². The van der Waals surface area contributed by atoms with E-state index in [2.05, 4.69) is 41.4 Å². The van der Waals surface area contributed by atoms with Gasteiger partial charge in [0.05, 0.1) is 24.4 Å². The molecular formula is C33H56FN7O3. The summed E-state index contributed by atoms with van der Waals surface area (Å²) in [4.78, 5) is 35.4. The summed E-state index contributed by atoms with van der Waals surface area (Å²) in [7, 11) is 2.09. The highest BCUT2D eigenvalue weighted by atomic mass is 19.1. The first kappa shape index (κ1) is 34.5. The fourth-order valence-electron chi connectivity index (χ4n) is 7.19. The lowest BCUT2D eigenvalue weighted by atomic mass is 9.71. The van der Waals surface area contributed by atoms with Gasteiger partial charge in [-0.3, -0.25) is 14.6 Å². The first-order valence-corrected chi connectivity index (χ1v) is 16.9. The van der Waals surface area contributed by atoms with Crippen LogP contribution in [0.15, 0.2) is 18.5 Å². The molecule has 4 atom stereocenters. The number of nitrogens with zero attached hydrogens (tertiary/aromatic N) is 3. The fourth-order valence-corrected chi connectivity index (χ4v) is 7.19. The predicted molar refractivity (Wildman–Crippen MR) is 172 cm³/mol. The lowest BCUT2D eigenvalue weighted by Gasteiger charge is -2.40. The number of nitrogens with two attached hydrogens (primary N) is 2. The van der Waals surface area contributed by atoms with E-state index in [-0.39, 0.29) is 41.8 Å². The van der Waals surface area contributed by atoms with Crippen LogP contribution in [-0.2, 0) is 9.59 Å². The topological polar surface area (TPSA) is 139 Å². The van der Waals surface area contributed by atoms with Gasteiger partial charge in [-0.15, -0.1) is 0 Å². The third-order valence-corrected chi connectivity index (χ3v) is 10.1. The monoisotopic (exact) mass is 617 g/mol. The molecule has 10 nitrogen and oxygen atoms in total. The number of aromatic nitrogens is 1. The number of unbranched alkanes of at least 4 members (excludes halogenated alkanes) is 2. The molecule has 1 saturated carbocycles. The molecule has 0 aromatic carbocycles. The Morgan fingerprint density at radius 3 is 2.57 bits per heavy atom. The summed E-state index contributed by atoms with van der Waals surface area (Å²) in [6.07, 6.45) is 10.6. The van der Waals surface area contributed by atoms with Crippen LogP contribution in [-0.4, -0.2) is 90.9 Å². The molecule has 1 aromatic rings. The van der Waals surface area contributed by atoms with E-state index in [0.29, 0.717) is 24.3 Å². The quantitative estimate of drug-likeness (QED) is 0.218. The van der Waals surface area contributed by atoms with E-state index in [9.17, 15) is 14.0 Å². The van der Waals surface area contributed by atoms with Gasteiger partial charge in [0.25, 0.3) is 0 Å². The van der Waals surface area contributed by atoms with E-state index >= 15 is 0 Å². The van der Waals surface area contributed by atoms with Crippen LogP contribution in [0.1, 0.15) is 84.5 Å². The van der Waals surface area contributed by atoms with Crippen molar-refractivity contribution in [2.24, 2.45) is 28.7 Å². The molecule has 6 N–H and O–H groups in total. The average Bonchev–Trinajstić information content (AvgIpc) is 2.99. The van der Waals surface area contributed by atoms with Gasteiger partial charge in [0.2, 0.25) is 11.8 Å². The number of amides is 2. The van der Waals surface area contributed by atoms with Gasteiger partial charge >= 0.3 is 0 Å². The SMILES string of the molecule is CCCCC[C@]1(C)CCC(F)CNC(C(C(=O)Nc2cnccc2O[C@H]2CC[C@@H](C(=O)N3CCN(C)CC3)CC2)C(N)N)C1. The lowest BCUT2D eigenvalue weighted by molar-refractivity contribution is -0.138. The number of pyridine rings is 1. The van der Waals surface area contributed by atoms with Crippen molar-refractivity contribution in [2.75, 3.05) is 45.1 Å². The molecule has 248 valence electrons. The zero-order chi connectivity index (χ0) is 31.7. The molecule has 2 aliphatic heterocycles. The van der Waals surface area contributed by atoms with Crippen molar-refractivity contribution in [3.8, 4) is 5.75 Å². The number of nitrogens with one attached hydrogen (secondary N) is 2. The molecular weight excluding hydrogens is 561 g/mol. The van der Waals surface area contributed by atoms with Gasteiger partial charge in [0, 0.05) is 56.9 Å². The van der Waals surface area contributed by atoms with Crippen LogP contribution in [0, 0.1) is 17.3 Å². The van der Waals surface area contributed by atoms with Crippen molar-refractivity contribution in [3.05, 3.63) is 18.5 Å². The Bertz CT molecular complexity index is 1060. The highest BCUT2D eigenvalue weighted by Crippen LogP contribution is 2.39. The lowest BCUT2D eigenvalue weighted by Crippen LogP contribution is -2.57. The van der Waals surface area contributed by atoms with Gasteiger partial charge in [0.1, 0.15) is 17.6 Å². The Balaban J connectivity index is 1.38. The smallest absolute Gasteiger partial charge is 0.232 e. The Labute approximate surface area is 263 Å². The van der Waals surface area contributed by atoms with Crippen LogP contribution in [0.25, 0.3) is 0 Å². The van der Waals surface area contributed by atoms with E-state index < -0.39 is 18.3 Å². The van der Waals surface area contributed by atoms with Gasteiger partial charge in [-0.1, -0.05) is 33.1 Å². The summed E-state index contributed by atoms with van der Waals surface area (Å²) < 4.78 is 21.1. The van der Waals surface area contributed by atoms with Crippen molar-refractivity contribution in [1.29, 1.82) is 0 Å². The van der Waals surface area contributed by atoms with Crippen molar-refractivity contribution >= 4 is 17.5 Å².